The van der Waals surface area contributed by atoms with Crippen molar-refractivity contribution in [2.24, 2.45) is 5.92 Å². The van der Waals surface area contributed by atoms with Gasteiger partial charge in [0.25, 0.3) is 0 Å². The maximum absolute atomic E-state index is 12.9. The van der Waals surface area contributed by atoms with Crippen molar-refractivity contribution in [3.05, 3.63) is 47.6 Å². The molecule has 124 valence electrons. The monoisotopic (exact) mass is 352 g/mol. The lowest BCUT2D eigenvalue weighted by Gasteiger charge is -2.18. The van der Waals surface area contributed by atoms with E-state index < -0.39 is 15.1 Å². The molecule has 0 spiro atoms. The highest BCUT2D eigenvalue weighted by Crippen LogP contribution is 2.30. The fraction of sp³-hybridized carbons (Fsp3) is 0.375. The summed E-state index contributed by atoms with van der Waals surface area (Å²) in [6, 6.07) is 6.70. The van der Waals surface area contributed by atoms with E-state index >= 15 is 0 Å². The number of hydrogen-bond donors (Lipinski definition) is 1. The number of aromatic nitrogens is 1. The summed E-state index contributed by atoms with van der Waals surface area (Å²) in [6.45, 7) is 3.93. The van der Waals surface area contributed by atoms with Gasteiger partial charge in [-0.25, -0.2) is 8.42 Å². The number of amides is 1. The van der Waals surface area contributed by atoms with Gasteiger partial charge in [0.2, 0.25) is 5.91 Å². The molecule has 0 aliphatic rings. The van der Waals surface area contributed by atoms with Gasteiger partial charge in [-0.2, -0.15) is 0 Å². The summed E-state index contributed by atoms with van der Waals surface area (Å²) in [7, 11) is -3.57. The quantitative estimate of drug-likeness (QED) is 0.831. The first-order valence-corrected chi connectivity index (χ1v) is 9.78. The number of rotatable bonds is 7. The molecule has 5 nitrogen and oxygen atoms in total. The molecule has 0 aliphatic heterocycles. The molecule has 0 saturated carbocycles. The molecule has 0 aliphatic carbocycles. The van der Waals surface area contributed by atoms with Crippen LogP contribution in [0, 0.1) is 5.92 Å². The molecule has 0 fully saturated rings. The Morgan fingerprint density at radius 1 is 1.30 bits per heavy atom. The Morgan fingerprint density at radius 2 is 2.09 bits per heavy atom. The first-order valence-electron chi connectivity index (χ1n) is 7.35. The highest BCUT2D eigenvalue weighted by atomic mass is 32.2. The van der Waals surface area contributed by atoms with Crippen molar-refractivity contribution >= 4 is 27.1 Å². The Labute approximate surface area is 140 Å². The number of nitrogens with zero attached hydrogens (tertiary/aromatic N) is 1. The Kier molecular flexibility index (Phi) is 5.90. The second kappa shape index (κ2) is 7.70. The molecule has 1 amide bonds. The van der Waals surface area contributed by atoms with E-state index in [0.717, 1.165) is 0 Å². The molecule has 0 radical (unpaired) electrons. The molecule has 0 saturated heterocycles. The summed E-state index contributed by atoms with van der Waals surface area (Å²) in [4.78, 5) is 15.9. The van der Waals surface area contributed by atoms with E-state index in [9.17, 15) is 13.2 Å². The number of thiophene rings is 1. The fourth-order valence-electron chi connectivity index (χ4n) is 2.19. The van der Waals surface area contributed by atoms with Crippen molar-refractivity contribution in [2.75, 3.05) is 6.54 Å². The molecule has 2 aromatic rings. The lowest BCUT2D eigenvalue weighted by Crippen LogP contribution is -2.32. The summed E-state index contributed by atoms with van der Waals surface area (Å²) < 4.78 is 26.0. The third-order valence-corrected chi connectivity index (χ3v) is 6.82. The Balaban J connectivity index is 2.25. The Hall–Kier alpha value is -1.73. The van der Waals surface area contributed by atoms with Crippen LogP contribution in [0.15, 0.2) is 46.2 Å². The fourth-order valence-corrected chi connectivity index (χ4v) is 5.04. The van der Waals surface area contributed by atoms with Crippen LogP contribution in [0.3, 0.4) is 0 Å². The van der Waals surface area contributed by atoms with Crippen LogP contribution in [0.2, 0.25) is 0 Å². The van der Waals surface area contributed by atoms with Gasteiger partial charge in [0.05, 0.1) is 0 Å². The van der Waals surface area contributed by atoms with E-state index in [1.807, 2.05) is 13.8 Å². The van der Waals surface area contributed by atoms with Gasteiger partial charge in [-0.05, 0) is 29.0 Å². The predicted molar refractivity (Wildman–Crippen MR) is 90.9 cm³/mol. The van der Waals surface area contributed by atoms with E-state index in [2.05, 4.69) is 10.3 Å². The topological polar surface area (TPSA) is 76.1 Å². The van der Waals surface area contributed by atoms with Crippen molar-refractivity contribution in [3.63, 3.8) is 0 Å². The smallest absolute Gasteiger partial charge is 0.220 e. The maximum atomic E-state index is 12.9. The molecule has 0 unspecified atom stereocenters. The molecule has 0 aromatic carbocycles. The third kappa shape index (κ3) is 4.62. The molecule has 0 bridgehead atoms. The van der Waals surface area contributed by atoms with Crippen LogP contribution in [-0.2, 0) is 14.6 Å². The Morgan fingerprint density at radius 3 is 2.65 bits per heavy atom. The molecule has 23 heavy (non-hydrogen) atoms. The number of pyridine rings is 1. The first-order chi connectivity index (χ1) is 10.9. The summed E-state index contributed by atoms with van der Waals surface area (Å²) in [5.74, 6) is 0.0796. The van der Waals surface area contributed by atoms with Crippen molar-refractivity contribution in [2.45, 2.75) is 29.7 Å². The number of sulfone groups is 1. The SMILES string of the molecule is CC(C)CC(=O)NC[C@@H](c1cccnc1)S(=O)(=O)c1cccs1. The molecule has 7 heteroatoms. The van der Waals surface area contributed by atoms with E-state index in [0.29, 0.717) is 16.2 Å². The lowest BCUT2D eigenvalue weighted by atomic mass is 10.1. The Bertz CT molecular complexity index is 726. The summed E-state index contributed by atoms with van der Waals surface area (Å²) in [5, 5.41) is 3.62. The van der Waals surface area contributed by atoms with Crippen LogP contribution in [0.1, 0.15) is 31.1 Å². The van der Waals surface area contributed by atoms with Crippen LogP contribution in [0.5, 0.6) is 0 Å². The molecule has 1 N–H and O–H groups in total. The second-order valence-electron chi connectivity index (χ2n) is 5.65. The summed E-state index contributed by atoms with van der Waals surface area (Å²) in [5.41, 5.74) is 0.575. The zero-order valence-corrected chi connectivity index (χ0v) is 14.7. The zero-order chi connectivity index (χ0) is 16.9. The van der Waals surface area contributed by atoms with Crippen molar-refractivity contribution in [1.29, 1.82) is 0 Å². The minimum atomic E-state index is -3.57. The number of carbonyl (C=O) groups excluding carboxylic acids is 1. The van der Waals surface area contributed by atoms with Gasteiger partial charge in [0.15, 0.2) is 9.84 Å². The average Bonchev–Trinajstić information content (AvgIpc) is 3.02. The van der Waals surface area contributed by atoms with E-state index in [4.69, 9.17) is 0 Å². The van der Waals surface area contributed by atoms with Crippen LogP contribution in [0.4, 0.5) is 0 Å². The minimum Gasteiger partial charge on any atom is -0.354 e. The van der Waals surface area contributed by atoms with Crippen molar-refractivity contribution < 1.29 is 13.2 Å². The second-order valence-corrected chi connectivity index (χ2v) is 8.96. The van der Waals surface area contributed by atoms with Crippen LogP contribution >= 0.6 is 11.3 Å². The number of carbonyl (C=O) groups is 1. The predicted octanol–water partition coefficient (Wildman–Crippen LogP) is 2.82. The van der Waals surface area contributed by atoms with Crippen LogP contribution in [-0.4, -0.2) is 25.9 Å². The van der Waals surface area contributed by atoms with Gasteiger partial charge in [0.1, 0.15) is 9.46 Å². The zero-order valence-electron chi connectivity index (χ0n) is 13.1. The molecule has 1 atom stereocenters. The number of nitrogens with one attached hydrogen (secondary N) is 1. The van der Waals surface area contributed by atoms with Gasteiger partial charge in [-0.15, -0.1) is 11.3 Å². The normalized spacial score (nSPS) is 13.0. The van der Waals surface area contributed by atoms with Crippen molar-refractivity contribution in [3.8, 4) is 0 Å². The van der Waals surface area contributed by atoms with Crippen molar-refractivity contribution in [1.82, 2.24) is 10.3 Å². The highest BCUT2D eigenvalue weighted by molar-refractivity contribution is 7.93. The van der Waals surface area contributed by atoms with Crippen LogP contribution in [0.25, 0.3) is 0 Å². The molecule has 2 rings (SSSR count). The highest BCUT2D eigenvalue weighted by Gasteiger charge is 2.30. The third-order valence-electron chi connectivity index (χ3n) is 3.28. The lowest BCUT2D eigenvalue weighted by molar-refractivity contribution is -0.121. The molecular formula is C16H20N2O3S2. The average molecular weight is 352 g/mol. The first kappa shape index (κ1) is 17.6. The van der Waals surface area contributed by atoms with E-state index in [1.165, 1.54) is 17.5 Å². The van der Waals surface area contributed by atoms with Gasteiger partial charge in [0, 0.05) is 25.4 Å². The van der Waals surface area contributed by atoms with Crippen LogP contribution < -0.4 is 5.32 Å². The van der Waals surface area contributed by atoms with Gasteiger partial charge in [-0.3, -0.25) is 9.78 Å². The van der Waals surface area contributed by atoms with E-state index in [1.54, 1.807) is 35.8 Å². The van der Waals surface area contributed by atoms with Gasteiger partial charge < -0.3 is 5.32 Å². The van der Waals surface area contributed by atoms with Gasteiger partial charge >= 0.3 is 0 Å². The molecular weight excluding hydrogens is 332 g/mol. The molecule has 2 aromatic heterocycles. The largest absolute Gasteiger partial charge is 0.354 e. The minimum absolute atomic E-state index is 0.0392. The summed E-state index contributed by atoms with van der Waals surface area (Å²) >= 11 is 1.18. The standard InChI is InChI=1S/C16H20N2O3S2/c1-12(2)9-15(19)18-11-14(13-5-3-7-17-10-13)23(20,21)16-6-4-8-22-16/h3-8,10,12,14H,9,11H2,1-2H3,(H,18,19)/t14-/m0/s1. The maximum Gasteiger partial charge on any atom is 0.220 e. The summed E-state index contributed by atoms with van der Waals surface area (Å²) in [6.07, 6.45) is 3.50. The molecule has 2 heterocycles. The van der Waals surface area contributed by atoms with Gasteiger partial charge in [-0.1, -0.05) is 26.0 Å². The van der Waals surface area contributed by atoms with E-state index in [-0.39, 0.29) is 18.4 Å². The number of hydrogen-bond acceptors (Lipinski definition) is 5.